The van der Waals surface area contributed by atoms with E-state index in [0.29, 0.717) is 0 Å². The summed E-state index contributed by atoms with van der Waals surface area (Å²) in [5.74, 6) is -1.08. The van der Waals surface area contributed by atoms with E-state index in [-0.39, 0.29) is 23.3 Å². The van der Waals surface area contributed by atoms with Crippen LogP contribution in [0.2, 0.25) is 0 Å². The van der Waals surface area contributed by atoms with E-state index in [2.05, 4.69) is 4.74 Å². The van der Waals surface area contributed by atoms with Gasteiger partial charge in [-0.3, -0.25) is 4.79 Å². The number of benzene rings is 2. The highest BCUT2D eigenvalue weighted by Crippen LogP contribution is 2.31. The van der Waals surface area contributed by atoms with Gasteiger partial charge in [0.2, 0.25) is 0 Å². The number of hydrogen-bond donors (Lipinski definition) is 0. The fourth-order valence-corrected chi connectivity index (χ4v) is 3.00. The molecule has 3 rings (SSSR count). The van der Waals surface area contributed by atoms with Crippen molar-refractivity contribution in [2.45, 2.75) is 26.0 Å². The van der Waals surface area contributed by atoms with E-state index in [4.69, 9.17) is 4.74 Å². The molecule has 0 fully saturated rings. The lowest BCUT2D eigenvalue weighted by Gasteiger charge is -2.22. The molecule has 1 aliphatic rings. The van der Waals surface area contributed by atoms with Gasteiger partial charge < -0.3 is 14.4 Å². The number of para-hydroxylation sites is 1. The molecule has 2 aromatic rings. The maximum Gasteiger partial charge on any atom is 0.387 e. The number of alkyl halides is 2. The van der Waals surface area contributed by atoms with Crippen LogP contribution in [-0.4, -0.2) is 31.1 Å². The number of hydrogen-bond acceptors (Lipinski definition) is 4. The Morgan fingerprint density at radius 2 is 1.85 bits per heavy atom. The molecule has 0 aliphatic carbocycles. The highest BCUT2D eigenvalue weighted by Gasteiger charge is 2.31. The summed E-state index contributed by atoms with van der Waals surface area (Å²) in [5.41, 5.74) is 2.05. The van der Waals surface area contributed by atoms with E-state index >= 15 is 0 Å². The van der Waals surface area contributed by atoms with Crippen molar-refractivity contribution in [3.63, 3.8) is 0 Å². The van der Waals surface area contributed by atoms with E-state index in [9.17, 15) is 18.4 Å². The van der Waals surface area contributed by atoms with E-state index in [1.807, 2.05) is 31.2 Å². The van der Waals surface area contributed by atoms with Crippen LogP contribution in [0.5, 0.6) is 5.75 Å². The molecule has 0 aromatic heterocycles. The Bertz CT molecular complexity index is 807. The SMILES string of the molecule is C[C@H]1Cc2ccccc2N1C(=O)COC(=O)c1ccc(OC(F)F)cc1. The summed E-state index contributed by atoms with van der Waals surface area (Å²) >= 11 is 0. The first-order valence-corrected chi connectivity index (χ1v) is 8.07. The molecular weight excluding hydrogens is 344 g/mol. The minimum atomic E-state index is -2.93. The van der Waals surface area contributed by atoms with Crippen molar-refractivity contribution >= 4 is 17.6 Å². The lowest BCUT2D eigenvalue weighted by molar-refractivity contribution is -0.122. The number of carbonyl (C=O) groups is 2. The zero-order chi connectivity index (χ0) is 18.7. The van der Waals surface area contributed by atoms with Gasteiger partial charge in [-0.2, -0.15) is 8.78 Å². The zero-order valence-corrected chi connectivity index (χ0v) is 14.0. The summed E-state index contributed by atoms with van der Waals surface area (Å²) in [4.78, 5) is 26.1. The number of carbonyl (C=O) groups excluding carboxylic acids is 2. The first-order valence-electron chi connectivity index (χ1n) is 8.07. The van der Waals surface area contributed by atoms with Crippen molar-refractivity contribution in [1.29, 1.82) is 0 Å². The first-order chi connectivity index (χ1) is 12.5. The van der Waals surface area contributed by atoms with Gasteiger partial charge in [0, 0.05) is 11.7 Å². The highest BCUT2D eigenvalue weighted by molar-refractivity contribution is 5.99. The molecule has 0 unspecified atom stereocenters. The third kappa shape index (κ3) is 3.82. The van der Waals surface area contributed by atoms with E-state index in [1.165, 1.54) is 24.3 Å². The maximum atomic E-state index is 12.5. The van der Waals surface area contributed by atoms with E-state index < -0.39 is 19.2 Å². The molecule has 1 atom stereocenters. The van der Waals surface area contributed by atoms with Crippen LogP contribution < -0.4 is 9.64 Å². The van der Waals surface area contributed by atoms with Crippen molar-refractivity contribution in [3.05, 3.63) is 59.7 Å². The third-order valence-corrected chi connectivity index (χ3v) is 4.12. The van der Waals surface area contributed by atoms with Crippen molar-refractivity contribution in [2.75, 3.05) is 11.5 Å². The topological polar surface area (TPSA) is 55.8 Å². The fourth-order valence-electron chi connectivity index (χ4n) is 3.00. The largest absolute Gasteiger partial charge is 0.452 e. The van der Waals surface area contributed by atoms with Gasteiger partial charge in [0.05, 0.1) is 5.56 Å². The van der Waals surface area contributed by atoms with Crippen LogP contribution in [0.4, 0.5) is 14.5 Å². The van der Waals surface area contributed by atoms with Crippen LogP contribution in [-0.2, 0) is 16.0 Å². The van der Waals surface area contributed by atoms with Gasteiger partial charge in [0.1, 0.15) is 5.75 Å². The number of anilines is 1. The summed E-state index contributed by atoms with van der Waals surface area (Å²) < 4.78 is 33.5. The normalized spacial score (nSPS) is 15.7. The number of fused-ring (bicyclic) bond motifs is 1. The lowest BCUT2D eigenvalue weighted by Crippen LogP contribution is -2.38. The molecular formula is C19H17F2NO4. The fraction of sp³-hybridized carbons (Fsp3) is 0.263. The Balaban J connectivity index is 1.60. The number of amides is 1. The first kappa shape index (κ1) is 17.8. The van der Waals surface area contributed by atoms with Crippen molar-refractivity contribution in [3.8, 4) is 5.75 Å². The van der Waals surface area contributed by atoms with E-state index in [0.717, 1.165) is 17.7 Å². The predicted octanol–water partition coefficient (Wildman–Crippen LogP) is 3.42. The van der Waals surface area contributed by atoms with Gasteiger partial charge in [-0.25, -0.2) is 4.79 Å². The Morgan fingerprint density at radius 3 is 2.54 bits per heavy atom. The molecule has 0 bridgehead atoms. The van der Waals surface area contributed by atoms with E-state index in [1.54, 1.807) is 4.90 Å². The standard InChI is InChI=1S/C19H17F2NO4/c1-12-10-14-4-2-3-5-16(14)22(12)17(23)11-25-18(24)13-6-8-15(9-7-13)26-19(20)21/h2-9,12,19H,10-11H2,1H3/t12-/m0/s1. The van der Waals surface area contributed by atoms with Gasteiger partial charge in [0.25, 0.3) is 5.91 Å². The lowest BCUT2D eigenvalue weighted by atomic mass is 10.1. The second-order valence-corrected chi connectivity index (χ2v) is 5.92. The Labute approximate surface area is 149 Å². The summed E-state index contributed by atoms with van der Waals surface area (Å²) in [6.07, 6.45) is 0.751. The second kappa shape index (κ2) is 7.51. The van der Waals surface area contributed by atoms with Crippen LogP contribution in [0.25, 0.3) is 0 Å². The van der Waals surface area contributed by atoms with Crippen LogP contribution in [0.15, 0.2) is 48.5 Å². The van der Waals surface area contributed by atoms with Crippen LogP contribution in [0, 0.1) is 0 Å². The molecule has 136 valence electrons. The Hall–Kier alpha value is -2.96. The maximum absolute atomic E-state index is 12.5. The van der Waals surface area contributed by atoms with Crippen molar-refractivity contribution < 1.29 is 27.8 Å². The molecule has 0 spiro atoms. The number of ether oxygens (including phenoxy) is 2. The smallest absolute Gasteiger partial charge is 0.387 e. The molecule has 1 aliphatic heterocycles. The average molecular weight is 361 g/mol. The molecule has 0 N–H and O–H groups in total. The predicted molar refractivity (Wildman–Crippen MR) is 90.5 cm³/mol. The minimum Gasteiger partial charge on any atom is -0.452 e. The van der Waals surface area contributed by atoms with Crippen LogP contribution >= 0.6 is 0 Å². The molecule has 0 radical (unpaired) electrons. The molecule has 0 saturated carbocycles. The molecule has 1 heterocycles. The van der Waals surface area contributed by atoms with Crippen LogP contribution in [0.3, 0.4) is 0 Å². The van der Waals surface area contributed by atoms with Crippen molar-refractivity contribution in [1.82, 2.24) is 0 Å². The molecule has 0 saturated heterocycles. The summed E-state index contributed by atoms with van der Waals surface area (Å²) in [7, 11) is 0. The third-order valence-electron chi connectivity index (χ3n) is 4.12. The average Bonchev–Trinajstić information content (AvgIpc) is 2.95. The number of nitrogens with zero attached hydrogens (tertiary/aromatic N) is 1. The number of esters is 1. The van der Waals surface area contributed by atoms with Crippen LogP contribution in [0.1, 0.15) is 22.8 Å². The van der Waals surface area contributed by atoms with Gasteiger partial charge in [-0.1, -0.05) is 18.2 Å². The minimum absolute atomic E-state index is 0.00983. The number of rotatable bonds is 5. The Kier molecular flexibility index (Phi) is 5.16. The second-order valence-electron chi connectivity index (χ2n) is 5.92. The van der Waals surface area contributed by atoms with Gasteiger partial charge >= 0.3 is 12.6 Å². The van der Waals surface area contributed by atoms with Crippen molar-refractivity contribution in [2.24, 2.45) is 0 Å². The number of halogens is 2. The summed E-state index contributed by atoms with van der Waals surface area (Å²) in [5, 5.41) is 0. The Morgan fingerprint density at radius 1 is 1.15 bits per heavy atom. The van der Waals surface area contributed by atoms with Gasteiger partial charge in [-0.15, -0.1) is 0 Å². The monoisotopic (exact) mass is 361 g/mol. The molecule has 7 heteroatoms. The molecule has 26 heavy (non-hydrogen) atoms. The zero-order valence-electron chi connectivity index (χ0n) is 14.0. The van der Waals surface area contributed by atoms with Gasteiger partial charge in [0.15, 0.2) is 6.61 Å². The molecule has 5 nitrogen and oxygen atoms in total. The molecule has 1 amide bonds. The highest BCUT2D eigenvalue weighted by atomic mass is 19.3. The summed E-state index contributed by atoms with van der Waals surface area (Å²) in [6, 6.07) is 12.7. The quantitative estimate of drug-likeness (QED) is 0.766. The summed E-state index contributed by atoms with van der Waals surface area (Å²) in [6.45, 7) is -1.40. The van der Waals surface area contributed by atoms with Gasteiger partial charge in [-0.05, 0) is 49.2 Å². The molecule has 2 aromatic carbocycles.